The van der Waals surface area contributed by atoms with Gasteiger partial charge in [-0.2, -0.15) is 0 Å². The molecule has 29 heavy (non-hydrogen) atoms. The lowest BCUT2D eigenvalue weighted by Gasteiger charge is -2.25. The van der Waals surface area contributed by atoms with Crippen molar-refractivity contribution >= 4 is 17.6 Å². The van der Waals surface area contributed by atoms with Gasteiger partial charge in [0.15, 0.2) is 0 Å². The second-order valence-corrected chi connectivity index (χ2v) is 6.76. The van der Waals surface area contributed by atoms with Gasteiger partial charge in [-0.3, -0.25) is 4.79 Å². The molecule has 0 saturated heterocycles. The summed E-state index contributed by atoms with van der Waals surface area (Å²) < 4.78 is 11.1. The molecule has 3 aromatic carbocycles. The summed E-state index contributed by atoms with van der Waals surface area (Å²) in [6.45, 7) is 2.40. The van der Waals surface area contributed by atoms with Gasteiger partial charge >= 0.3 is 5.97 Å². The van der Waals surface area contributed by atoms with Crippen molar-refractivity contribution in [1.29, 1.82) is 0 Å². The molecule has 0 bridgehead atoms. The number of anilines is 1. The van der Waals surface area contributed by atoms with Crippen molar-refractivity contribution in [3.63, 3.8) is 0 Å². The maximum absolute atomic E-state index is 12.8. The standard InChI is InChI=1S/C24H21NO4/c1-2-28-21-11-7-6-10-20(21)25-23(26)17-12-13-19-18(14-17)15-22(29-24(19)27)16-8-4-3-5-9-16/h3-14,22H,2,15H2,1H3,(H,25,26)/t22-/m0/s1. The lowest BCUT2D eigenvalue weighted by atomic mass is 9.93. The molecule has 0 aliphatic carbocycles. The fourth-order valence-corrected chi connectivity index (χ4v) is 3.44. The summed E-state index contributed by atoms with van der Waals surface area (Å²) in [7, 11) is 0. The van der Waals surface area contributed by atoms with E-state index in [0.717, 1.165) is 11.1 Å². The maximum Gasteiger partial charge on any atom is 0.339 e. The molecule has 0 radical (unpaired) electrons. The highest BCUT2D eigenvalue weighted by atomic mass is 16.5. The first kappa shape index (κ1) is 18.7. The van der Waals surface area contributed by atoms with Crippen molar-refractivity contribution in [3.05, 3.63) is 95.1 Å². The number of rotatable bonds is 5. The van der Waals surface area contributed by atoms with E-state index < -0.39 is 0 Å². The molecule has 5 nitrogen and oxygen atoms in total. The molecule has 1 atom stereocenters. The van der Waals surface area contributed by atoms with Crippen LogP contribution in [0.5, 0.6) is 5.75 Å². The Bertz CT molecular complexity index is 1050. The number of para-hydroxylation sites is 2. The average Bonchev–Trinajstić information content (AvgIpc) is 2.75. The number of cyclic esters (lactones) is 1. The summed E-state index contributed by atoms with van der Waals surface area (Å²) >= 11 is 0. The van der Waals surface area contributed by atoms with Crippen LogP contribution in [0.4, 0.5) is 5.69 Å². The SMILES string of the molecule is CCOc1ccccc1NC(=O)c1ccc2c(c1)C[C@@H](c1ccccc1)OC2=O. The molecule has 1 amide bonds. The Morgan fingerprint density at radius 2 is 1.83 bits per heavy atom. The van der Waals surface area contributed by atoms with Gasteiger partial charge in [0.25, 0.3) is 5.91 Å². The first-order valence-electron chi connectivity index (χ1n) is 9.57. The van der Waals surface area contributed by atoms with Crippen LogP contribution in [0.25, 0.3) is 0 Å². The van der Waals surface area contributed by atoms with Crippen LogP contribution in [0.1, 0.15) is 44.9 Å². The second kappa shape index (κ2) is 8.19. The summed E-state index contributed by atoms with van der Waals surface area (Å²) in [5, 5.41) is 2.89. The van der Waals surface area contributed by atoms with Gasteiger partial charge in [-0.1, -0.05) is 42.5 Å². The Morgan fingerprint density at radius 3 is 2.62 bits per heavy atom. The van der Waals surface area contributed by atoms with Crippen LogP contribution in [0.2, 0.25) is 0 Å². The number of carbonyl (C=O) groups is 2. The third-order valence-electron chi connectivity index (χ3n) is 4.85. The normalized spacial score (nSPS) is 15.2. The van der Waals surface area contributed by atoms with Crippen molar-refractivity contribution in [1.82, 2.24) is 0 Å². The first-order valence-corrected chi connectivity index (χ1v) is 9.57. The van der Waals surface area contributed by atoms with E-state index in [1.165, 1.54) is 0 Å². The molecule has 1 N–H and O–H groups in total. The number of carbonyl (C=O) groups excluding carboxylic acids is 2. The fourth-order valence-electron chi connectivity index (χ4n) is 3.44. The third-order valence-corrected chi connectivity index (χ3v) is 4.85. The molecule has 0 saturated carbocycles. The van der Waals surface area contributed by atoms with Crippen molar-refractivity contribution in [3.8, 4) is 5.75 Å². The highest BCUT2D eigenvalue weighted by molar-refractivity contribution is 6.06. The van der Waals surface area contributed by atoms with E-state index in [1.54, 1.807) is 24.3 Å². The van der Waals surface area contributed by atoms with Crippen molar-refractivity contribution in [2.75, 3.05) is 11.9 Å². The molecule has 3 aromatic rings. The highest BCUT2D eigenvalue weighted by Crippen LogP contribution is 2.31. The van der Waals surface area contributed by atoms with Crippen molar-refractivity contribution in [2.24, 2.45) is 0 Å². The van der Waals surface area contributed by atoms with Crippen LogP contribution in [0, 0.1) is 0 Å². The Labute approximate surface area is 169 Å². The van der Waals surface area contributed by atoms with E-state index >= 15 is 0 Å². The third kappa shape index (κ3) is 3.99. The summed E-state index contributed by atoms with van der Waals surface area (Å²) in [5.74, 6) is -0.00191. The average molecular weight is 387 g/mol. The van der Waals surface area contributed by atoms with Crippen LogP contribution in [-0.4, -0.2) is 18.5 Å². The minimum absolute atomic E-state index is 0.254. The maximum atomic E-state index is 12.8. The minimum Gasteiger partial charge on any atom is -0.492 e. The van der Waals surface area contributed by atoms with Crippen LogP contribution in [0.3, 0.4) is 0 Å². The predicted octanol–water partition coefficient (Wildman–Crippen LogP) is 4.79. The molecular formula is C24H21NO4. The van der Waals surface area contributed by atoms with Crippen LogP contribution in [-0.2, 0) is 11.2 Å². The summed E-state index contributed by atoms with van der Waals surface area (Å²) in [6.07, 6.45) is 0.176. The molecule has 1 heterocycles. The van der Waals surface area contributed by atoms with Gasteiger partial charge < -0.3 is 14.8 Å². The lowest BCUT2D eigenvalue weighted by molar-refractivity contribution is 0.0252. The van der Waals surface area contributed by atoms with E-state index in [-0.39, 0.29) is 18.0 Å². The predicted molar refractivity (Wildman–Crippen MR) is 110 cm³/mol. The number of ether oxygens (including phenoxy) is 2. The van der Waals surface area contributed by atoms with E-state index in [4.69, 9.17) is 9.47 Å². The van der Waals surface area contributed by atoms with Crippen molar-refractivity contribution in [2.45, 2.75) is 19.4 Å². The molecule has 5 heteroatoms. The zero-order valence-corrected chi connectivity index (χ0v) is 16.1. The number of benzene rings is 3. The van der Waals surface area contributed by atoms with E-state index in [2.05, 4.69) is 5.32 Å². The summed E-state index contributed by atoms with van der Waals surface area (Å²) in [4.78, 5) is 25.2. The van der Waals surface area contributed by atoms with E-state index in [0.29, 0.717) is 35.6 Å². The Morgan fingerprint density at radius 1 is 1.07 bits per heavy atom. The molecule has 0 unspecified atom stereocenters. The zero-order valence-electron chi connectivity index (χ0n) is 16.1. The molecule has 0 fully saturated rings. The number of fused-ring (bicyclic) bond motifs is 1. The van der Waals surface area contributed by atoms with Gasteiger partial charge in [0.1, 0.15) is 11.9 Å². The van der Waals surface area contributed by atoms with Gasteiger partial charge in [0.05, 0.1) is 17.9 Å². The second-order valence-electron chi connectivity index (χ2n) is 6.76. The Kier molecular flexibility index (Phi) is 5.29. The quantitative estimate of drug-likeness (QED) is 0.639. The molecular weight excluding hydrogens is 366 g/mol. The van der Waals surface area contributed by atoms with Crippen molar-refractivity contribution < 1.29 is 19.1 Å². The zero-order chi connectivity index (χ0) is 20.2. The van der Waals surface area contributed by atoms with Gasteiger partial charge in [0.2, 0.25) is 0 Å². The van der Waals surface area contributed by atoms with Crippen LogP contribution >= 0.6 is 0 Å². The van der Waals surface area contributed by atoms with E-state index in [9.17, 15) is 9.59 Å². The largest absolute Gasteiger partial charge is 0.492 e. The number of hydrogen-bond acceptors (Lipinski definition) is 4. The summed E-state index contributed by atoms with van der Waals surface area (Å²) in [5.41, 5.74) is 3.34. The van der Waals surface area contributed by atoms with Gasteiger partial charge in [-0.15, -0.1) is 0 Å². The molecule has 0 aromatic heterocycles. The lowest BCUT2D eigenvalue weighted by Crippen LogP contribution is -2.23. The monoisotopic (exact) mass is 387 g/mol. The molecule has 0 spiro atoms. The fraction of sp³-hybridized carbons (Fsp3) is 0.167. The smallest absolute Gasteiger partial charge is 0.339 e. The number of nitrogens with one attached hydrogen (secondary N) is 1. The molecule has 146 valence electrons. The molecule has 4 rings (SSSR count). The number of amides is 1. The topological polar surface area (TPSA) is 64.6 Å². The van der Waals surface area contributed by atoms with E-state index in [1.807, 2.05) is 55.5 Å². The van der Waals surface area contributed by atoms with Crippen LogP contribution in [0.15, 0.2) is 72.8 Å². The number of esters is 1. The molecule has 1 aliphatic heterocycles. The van der Waals surface area contributed by atoms with Gasteiger partial charge in [-0.25, -0.2) is 4.79 Å². The first-order chi connectivity index (χ1) is 14.2. The Hall–Kier alpha value is -3.60. The minimum atomic E-state index is -0.367. The Balaban J connectivity index is 1.58. The molecule has 1 aliphatic rings. The highest BCUT2D eigenvalue weighted by Gasteiger charge is 2.28. The summed E-state index contributed by atoms with van der Waals surface area (Å²) in [6, 6.07) is 22.0. The van der Waals surface area contributed by atoms with Crippen LogP contribution < -0.4 is 10.1 Å². The van der Waals surface area contributed by atoms with Gasteiger partial charge in [0, 0.05) is 12.0 Å². The number of hydrogen-bond donors (Lipinski definition) is 1. The van der Waals surface area contributed by atoms with Gasteiger partial charge in [-0.05, 0) is 48.4 Å².